The zero-order valence-electron chi connectivity index (χ0n) is 15.1. The summed E-state index contributed by atoms with van der Waals surface area (Å²) in [6.45, 7) is 3.30. The fraction of sp³-hybridized carbons (Fsp3) is 0.400. The van der Waals surface area contributed by atoms with E-state index in [9.17, 15) is 9.59 Å². The molecule has 1 aromatic heterocycles. The van der Waals surface area contributed by atoms with Gasteiger partial charge in [-0.25, -0.2) is 0 Å². The van der Waals surface area contributed by atoms with Gasteiger partial charge in [-0.05, 0) is 37.0 Å². The molecule has 1 aliphatic rings. The Kier molecular flexibility index (Phi) is 6.41. The van der Waals surface area contributed by atoms with Crippen LogP contribution in [0.15, 0.2) is 47.8 Å². The molecule has 0 spiro atoms. The van der Waals surface area contributed by atoms with Crippen LogP contribution < -0.4 is 5.32 Å². The second-order valence-corrected chi connectivity index (χ2v) is 7.62. The predicted octanol–water partition coefficient (Wildman–Crippen LogP) is 2.25. The summed E-state index contributed by atoms with van der Waals surface area (Å²) in [5.74, 6) is -0.171. The third-order valence-electron chi connectivity index (χ3n) is 4.66. The van der Waals surface area contributed by atoms with Crippen molar-refractivity contribution in [1.29, 1.82) is 0 Å². The van der Waals surface area contributed by atoms with Crippen LogP contribution in [0.25, 0.3) is 0 Å². The van der Waals surface area contributed by atoms with Gasteiger partial charge in [0.15, 0.2) is 0 Å². The minimum Gasteiger partial charge on any atom is -0.340 e. The van der Waals surface area contributed by atoms with Gasteiger partial charge in [0.1, 0.15) is 6.04 Å². The predicted molar refractivity (Wildman–Crippen MR) is 104 cm³/mol. The number of benzene rings is 1. The van der Waals surface area contributed by atoms with Crippen molar-refractivity contribution in [2.45, 2.75) is 18.9 Å². The monoisotopic (exact) mass is 371 g/mol. The molecule has 0 saturated carbocycles. The molecule has 1 fully saturated rings. The molecule has 0 bridgehead atoms. The molecule has 3 rings (SSSR count). The van der Waals surface area contributed by atoms with Crippen molar-refractivity contribution in [2.75, 3.05) is 33.2 Å². The van der Waals surface area contributed by atoms with Gasteiger partial charge in [0.2, 0.25) is 5.91 Å². The lowest BCUT2D eigenvalue weighted by atomic mass is 10.0. The Morgan fingerprint density at radius 2 is 1.88 bits per heavy atom. The average molecular weight is 372 g/mol. The van der Waals surface area contributed by atoms with Crippen molar-refractivity contribution in [3.8, 4) is 0 Å². The summed E-state index contributed by atoms with van der Waals surface area (Å²) in [4.78, 5) is 30.5. The first-order chi connectivity index (χ1) is 12.6. The lowest BCUT2D eigenvalue weighted by Crippen LogP contribution is -2.50. The topological polar surface area (TPSA) is 52.6 Å². The van der Waals surface area contributed by atoms with E-state index in [4.69, 9.17) is 0 Å². The normalized spacial score (nSPS) is 16.7. The first-order valence-corrected chi connectivity index (χ1v) is 9.87. The summed E-state index contributed by atoms with van der Waals surface area (Å²) >= 11 is 1.39. The van der Waals surface area contributed by atoms with Crippen molar-refractivity contribution in [3.63, 3.8) is 0 Å². The van der Waals surface area contributed by atoms with E-state index in [0.29, 0.717) is 17.8 Å². The second-order valence-electron chi connectivity index (χ2n) is 6.68. The van der Waals surface area contributed by atoms with Crippen LogP contribution >= 0.6 is 11.3 Å². The fourth-order valence-electron chi connectivity index (χ4n) is 3.17. The number of hydrogen-bond donors (Lipinski definition) is 1. The van der Waals surface area contributed by atoms with Gasteiger partial charge in [-0.3, -0.25) is 9.59 Å². The van der Waals surface area contributed by atoms with Crippen LogP contribution in [0.1, 0.15) is 21.7 Å². The summed E-state index contributed by atoms with van der Waals surface area (Å²) in [6.07, 6.45) is 1.46. The largest absolute Gasteiger partial charge is 0.340 e. The number of hydrogen-bond acceptors (Lipinski definition) is 4. The van der Waals surface area contributed by atoms with Gasteiger partial charge < -0.3 is 15.1 Å². The van der Waals surface area contributed by atoms with Crippen LogP contribution in [0.2, 0.25) is 0 Å². The Labute approximate surface area is 158 Å². The quantitative estimate of drug-likeness (QED) is 0.877. The maximum Gasteiger partial charge on any atom is 0.262 e. The van der Waals surface area contributed by atoms with Crippen molar-refractivity contribution >= 4 is 23.2 Å². The number of carbonyl (C=O) groups is 2. The Balaban J connectivity index is 1.75. The highest BCUT2D eigenvalue weighted by Gasteiger charge is 2.27. The Morgan fingerprint density at radius 3 is 2.62 bits per heavy atom. The highest BCUT2D eigenvalue weighted by atomic mass is 32.1. The molecule has 2 heterocycles. The van der Waals surface area contributed by atoms with E-state index in [-0.39, 0.29) is 11.8 Å². The molecule has 2 aromatic rings. The number of nitrogens with one attached hydrogen (secondary N) is 1. The third-order valence-corrected chi connectivity index (χ3v) is 5.53. The number of thiophene rings is 1. The molecule has 1 N–H and O–H groups in total. The van der Waals surface area contributed by atoms with E-state index in [1.165, 1.54) is 11.3 Å². The summed E-state index contributed by atoms with van der Waals surface area (Å²) in [7, 11) is 2.08. The van der Waals surface area contributed by atoms with Gasteiger partial charge in [0, 0.05) is 26.1 Å². The average Bonchev–Trinajstić information content (AvgIpc) is 3.11. The number of rotatable bonds is 5. The van der Waals surface area contributed by atoms with E-state index in [1.54, 1.807) is 6.07 Å². The van der Waals surface area contributed by atoms with Gasteiger partial charge in [-0.15, -0.1) is 11.3 Å². The summed E-state index contributed by atoms with van der Waals surface area (Å²) in [5, 5.41) is 4.83. The molecule has 5 nitrogen and oxygen atoms in total. The molecule has 2 amide bonds. The molecule has 6 heteroatoms. The van der Waals surface area contributed by atoms with Gasteiger partial charge in [0.25, 0.3) is 5.91 Å². The molecule has 26 heavy (non-hydrogen) atoms. The summed E-state index contributed by atoms with van der Waals surface area (Å²) in [6, 6.07) is 12.9. The fourth-order valence-corrected chi connectivity index (χ4v) is 3.80. The molecular formula is C20H25N3O2S. The number of nitrogens with zero attached hydrogens (tertiary/aromatic N) is 2. The maximum atomic E-state index is 13.2. The molecule has 1 saturated heterocycles. The SMILES string of the molecule is CN1CCCN(C(=O)[C@@H](Cc2ccccc2)NC(=O)c2cccs2)CC1. The molecule has 138 valence electrons. The molecule has 0 radical (unpaired) electrons. The van der Waals surface area contributed by atoms with Gasteiger partial charge in [-0.1, -0.05) is 36.4 Å². The third kappa shape index (κ3) is 4.93. The Morgan fingerprint density at radius 1 is 1.08 bits per heavy atom. The van der Waals surface area contributed by atoms with E-state index in [1.807, 2.05) is 46.7 Å². The lowest BCUT2D eigenvalue weighted by Gasteiger charge is -2.27. The van der Waals surface area contributed by atoms with Crippen molar-refractivity contribution in [2.24, 2.45) is 0 Å². The van der Waals surface area contributed by atoms with Crippen LogP contribution in [0.4, 0.5) is 0 Å². The smallest absolute Gasteiger partial charge is 0.262 e. The summed E-state index contributed by atoms with van der Waals surface area (Å²) < 4.78 is 0. The van der Waals surface area contributed by atoms with E-state index in [0.717, 1.165) is 31.6 Å². The van der Waals surface area contributed by atoms with Crippen molar-refractivity contribution in [3.05, 3.63) is 58.3 Å². The van der Waals surface area contributed by atoms with Crippen LogP contribution in [0.3, 0.4) is 0 Å². The van der Waals surface area contributed by atoms with Crippen LogP contribution in [-0.2, 0) is 11.2 Å². The van der Waals surface area contributed by atoms with E-state index < -0.39 is 6.04 Å². The minimum atomic E-state index is -0.546. The first kappa shape index (κ1) is 18.6. The molecule has 0 aliphatic carbocycles. The van der Waals surface area contributed by atoms with Crippen LogP contribution in [-0.4, -0.2) is 60.9 Å². The second kappa shape index (κ2) is 8.96. The van der Waals surface area contributed by atoms with Gasteiger partial charge in [0.05, 0.1) is 4.88 Å². The molecular weight excluding hydrogens is 346 g/mol. The van der Waals surface area contributed by atoms with E-state index >= 15 is 0 Å². The number of likely N-dealkylation sites (N-methyl/N-ethyl adjacent to an activating group) is 1. The minimum absolute atomic E-state index is 0.00839. The maximum absolute atomic E-state index is 13.2. The molecule has 0 unspecified atom stereocenters. The number of carbonyl (C=O) groups excluding carboxylic acids is 2. The van der Waals surface area contributed by atoms with Gasteiger partial charge in [-0.2, -0.15) is 0 Å². The highest BCUT2D eigenvalue weighted by molar-refractivity contribution is 7.12. The van der Waals surface area contributed by atoms with Gasteiger partial charge >= 0.3 is 0 Å². The molecule has 1 atom stereocenters. The van der Waals surface area contributed by atoms with Crippen LogP contribution in [0, 0.1) is 0 Å². The molecule has 1 aromatic carbocycles. The molecule has 1 aliphatic heterocycles. The first-order valence-electron chi connectivity index (χ1n) is 8.99. The van der Waals surface area contributed by atoms with E-state index in [2.05, 4.69) is 17.3 Å². The number of amides is 2. The van der Waals surface area contributed by atoms with Crippen molar-refractivity contribution < 1.29 is 9.59 Å². The standard InChI is InChI=1S/C20H25N3O2S/c1-22-10-6-11-23(13-12-22)20(25)17(15-16-7-3-2-4-8-16)21-19(24)18-9-5-14-26-18/h2-5,7-9,14,17H,6,10-13,15H2,1H3,(H,21,24)/t17-/m1/s1. The zero-order valence-corrected chi connectivity index (χ0v) is 15.9. The van der Waals surface area contributed by atoms with Crippen LogP contribution in [0.5, 0.6) is 0 Å². The summed E-state index contributed by atoms with van der Waals surface area (Å²) in [5.41, 5.74) is 1.05. The Bertz CT molecular complexity index is 718. The highest BCUT2D eigenvalue weighted by Crippen LogP contribution is 2.12. The lowest BCUT2D eigenvalue weighted by molar-refractivity contribution is -0.133. The Hall–Kier alpha value is -2.18. The van der Waals surface area contributed by atoms with Crippen molar-refractivity contribution in [1.82, 2.24) is 15.1 Å². The zero-order chi connectivity index (χ0) is 18.4.